The van der Waals surface area contributed by atoms with Crippen molar-refractivity contribution in [2.24, 2.45) is 0 Å². The molecule has 0 aliphatic heterocycles. The monoisotopic (exact) mass is 230 g/mol. The van der Waals surface area contributed by atoms with Crippen LogP contribution in [0.3, 0.4) is 0 Å². The Morgan fingerprint density at radius 3 is 2.33 bits per heavy atom. The summed E-state index contributed by atoms with van der Waals surface area (Å²) in [4.78, 5) is -0.184. The van der Waals surface area contributed by atoms with Crippen LogP contribution >= 0.6 is 0 Å². The first-order valence-corrected chi connectivity index (χ1v) is 5.95. The summed E-state index contributed by atoms with van der Waals surface area (Å²) in [6, 6.07) is 4.75. The molecular formula is C10H14O4S. The summed E-state index contributed by atoms with van der Waals surface area (Å²) in [6.45, 7) is 3.88. The van der Waals surface area contributed by atoms with Crippen LogP contribution in [0.4, 0.5) is 0 Å². The largest absolute Gasteiger partial charge is 0.495 e. The first kappa shape index (κ1) is 12.0. The number of rotatable bonds is 3. The minimum Gasteiger partial charge on any atom is -0.495 e. The molecule has 0 fully saturated rings. The second-order valence-electron chi connectivity index (χ2n) is 3.54. The highest BCUT2D eigenvalue weighted by atomic mass is 32.2. The smallest absolute Gasteiger partial charge is 0.298 e. The molecule has 0 amide bonds. The van der Waals surface area contributed by atoms with Crippen molar-refractivity contribution >= 4 is 10.1 Å². The van der Waals surface area contributed by atoms with Gasteiger partial charge in [0, 0.05) is 0 Å². The molecule has 0 bridgehead atoms. The molecule has 0 saturated carbocycles. The van der Waals surface area contributed by atoms with E-state index in [0.29, 0.717) is 0 Å². The molecule has 0 saturated heterocycles. The normalized spacial score (nSPS) is 11.8. The Kier molecular flexibility index (Phi) is 3.36. The third kappa shape index (κ3) is 2.70. The summed E-state index contributed by atoms with van der Waals surface area (Å²) in [5, 5.41) is 0. The van der Waals surface area contributed by atoms with E-state index in [-0.39, 0.29) is 16.6 Å². The molecule has 5 heteroatoms. The Morgan fingerprint density at radius 1 is 1.33 bits per heavy atom. The number of methoxy groups -OCH3 is 1. The summed E-state index contributed by atoms with van der Waals surface area (Å²) in [5.41, 5.74) is 0.837. The van der Waals surface area contributed by atoms with E-state index in [9.17, 15) is 8.42 Å². The molecule has 0 aliphatic rings. The van der Waals surface area contributed by atoms with Gasteiger partial charge >= 0.3 is 0 Å². The first-order valence-electron chi connectivity index (χ1n) is 4.51. The van der Waals surface area contributed by atoms with Gasteiger partial charge in [-0.15, -0.1) is 0 Å². The summed E-state index contributed by atoms with van der Waals surface area (Å²) in [5.74, 6) is 0.346. The third-order valence-corrected chi connectivity index (χ3v) is 3.01. The van der Waals surface area contributed by atoms with E-state index in [1.165, 1.54) is 13.2 Å². The standard InChI is InChI=1S/C10H14O4S/c1-7(2)8-4-5-9(14-3)10(6-8)15(11,12)13/h4-7H,1-3H3,(H,11,12,13). The van der Waals surface area contributed by atoms with E-state index in [1.807, 2.05) is 13.8 Å². The van der Waals surface area contributed by atoms with Crippen LogP contribution in [-0.2, 0) is 10.1 Å². The zero-order valence-corrected chi connectivity index (χ0v) is 9.71. The quantitative estimate of drug-likeness (QED) is 0.807. The highest BCUT2D eigenvalue weighted by Crippen LogP contribution is 2.27. The van der Waals surface area contributed by atoms with Crippen molar-refractivity contribution in [2.45, 2.75) is 24.7 Å². The van der Waals surface area contributed by atoms with Crippen LogP contribution in [0.15, 0.2) is 23.1 Å². The fourth-order valence-electron chi connectivity index (χ4n) is 1.25. The molecule has 0 aromatic heterocycles. The predicted octanol–water partition coefficient (Wildman–Crippen LogP) is 2.07. The van der Waals surface area contributed by atoms with Crippen molar-refractivity contribution in [3.63, 3.8) is 0 Å². The maximum Gasteiger partial charge on any atom is 0.298 e. The topological polar surface area (TPSA) is 63.6 Å². The maximum absolute atomic E-state index is 11.1. The number of benzene rings is 1. The second-order valence-corrected chi connectivity index (χ2v) is 4.93. The molecule has 1 aromatic rings. The van der Waals surface area contributed by atoms with E-state index in [2.05, 4.69) is 0 Å². The number of hydrogen-bond donors (Lipinski definition) is 1. The van der Waals surface area contributed by atoms with Gasteiger partial charge in [-0.1, -0.05) is 19.9 Å². The van der Waals surface area contributed by atoms with Crippen molar-refractivity contribution in [2.75, 3.05) is 7.11 Å². The van der Waals surface area contributed by atoms with Gasteiger partial charge in [-0.05, 0) is 23.6 Å². The molecular weight excluding hydrogens is 216 g/mol. The van der Waals surface area contributed by atoms with E-state index in [4.69, 9.17) is 9.29 Å². The van der Waals surface area contributed by atoms with Crippen LogP contribution in [0, 0.1) is 0 Å². The van der Waals surface area contributed by atoms with Crippen LogP contribution in [0.1, 0.15) is 25.3 Å². The van der Waals surface area contributed by atoms with E-state index >= 15 is 0 Å². The van der Waals surface area contributed by atoms with Gasteiger partial charge in [-0.2, -0.15) is 8.42 Å². The maximum atomic E-state index is 11.1. The average Bonchev–Trinajstić information content (AvgIpc) is 2.15. The molecule has 0 atom stereocenters. The van der Waals surface area contributed by atoms with E-state index in [1.54, 1.807) is 12.1 Å². The molecule has 0 heterocycles. The van der Waals surface area contributed by atoms with Crippen LogP contribution in [-0.4, -0.2) is 20.1 Å². The summed E-state index contributed by atoms with van der Waals surface area (Å²) >= 11 is 0. The Hall–Kier alpha value is -1.07. The van der Waals surface area contributed by atoms with Gasteiger partial charge in [-0.25, -0.2) is 0 Å². The van der Waals surface area contributed by atoms with Crippen molar-refractivity contribution in [1.82, 2.24) is 0 Å². The molecule has 1 rings (SSSR count). The zero-order valence-electron chi connectivity index (χ0n) is 8.89. The Morgan fingerprint density at radius 2 is 1.93 bits per heavy atom. The SMILES string of the molecule is COc1ccc(C(C)C)cc1S(=O)(=O)O. The van der Waals surface area contributed by atoms with Crippen molar-refractivity contribution in [3.8, 4) is 5.75 Å². The summed E-state index contributed by atoms with van der Waals surface area (Å²) < 4.78 is 36.0. The van der Waals surface area contributed by atoms with Crippen molar-refractivity contribution < 1.29 is 17.7 Å². The van der Waals surface area contributed by atoms with Gasteiger partial charge < -0.3 is 4.74 Å². The van der Waals surface area contributed by atoms with Crippen LogP contribution < -0.4 is 4.74 Å². The Balaban J connectivity index is 3.39. The first-order chi connectivity index (χ1) is 6.86. The second kappa shape index (κ2) is 4.20. The Bertz CT molecular complexity index is 448. The van der Waals surface area contributed by atoms with Gasteiger partial charge in [0.1, 0.15) is 10.6 Å². The zero-order chi connectivity index (χ0) is 11.6. The van der Waals surface area contributed by atoms with Crippen molar-refractivity contribution in [1.29, 1.82) is 0 Å². The lowest BCUT2D eigenvalue weighted by Gasteiger charge is -2.10. The van der Waals surface area contributed by atoms with Crippen LogP contribution in [0.2, 0.25) is 0 Å². The molecule has 84 valence electrons. The highest BCUT2D eigenvalue weighted by molar-refractivity contribution is 7.86. The molecule has 4 nitrogen and oxygen atoms in total. The van der Waals surface area contributed by atoms with Gasteiger partial charge in [0.15, 0.2) is 0 Å². The van der Waals surface area contributed by atoms with Crippen LogP contribution in [0.5, 0.6) is 5.75 Å². The van der Waals surface area contributed by atoms with Gasteiger partial charge in [-0.3, -0.25) is 4.55 Å². The minimum absolute atomic E-state index is 0.155. The van der Waals surface area contributed by atoms with Crippen molar-refractivity contribution in [3.05, 3.63) is 23.8 Å². The highest BCUT2D eigenvalue weighted by Gasteiger charge is 2.17. The minimum atomic E-state index is -4.23. The average molecular weight is 230 g/mol. The summed E-state index contributed by atoms with van der Waals surface area (Å²) in [7, 11) is -2.87. The van der Waals surface area contributed by atoms with E-state index in [0.717, 1.165) is 5.56 Å². The number of hydrogen-bond acceptors (Lipinski definition) is 3. The Labute approximate surface area is 89.6 Å². The molecule has 15 heavy (non-hydrogen) atoms. The lowest BCUT2D eigenvalue weighted by molar-refractivity contribution is 0.397. The van der Waals surface area contributed by atoms with Gasteiger partial charge in [0.2, 0.25) is 0 Å². The summed E-state index contributed by atoms with van der Waals surface area (Å²) in [6.07, 6.45) is 0. The van der Waals surface area contributed by atoms with E-state index < -0.39 is 10.1 Å². The third-order valence-electron chi connectivity index (χ3n) is 2.13. The molecule has 0 spiro atoms. The molecule has 0 aliphatic carbocycles. The van der Waals surface area contributed by atoms with Gasteiger partial charge in [0.05, 0.1) is 7.11 Å². The number of ether oxygens (including phenoxy) is 1. The van der Waals surface area contributed by atoms with Gasteiger partial charge in [0.25, 0.3) is 10.1 Å². The fourth-order valence-corrected chi connectivity index (χ4v) is 1.94. The molecule has 1 N–H and O–H groups in total. The lowest BCUT2D eigenvalue weighted by atomic mass is 10.0. The molecule has 0 unspecified atom stereocenters. The van der Waals surface area contributed by atoms with Crippen LogP contribution in [0.25, 0.3) is 0 Å². The molecule has 1 aromatic carbocycles. The molecule has 0 radical (unpaired) electrons. The fraction of sp³-hybridized carbons (Fsp3) is 0.400. The lowest BCUT2D eigenvalue weighted by Crippen LogP contribution is -2.03. The predicted molar refractivity (Wildman–Crippen MR) is 56.9 cm³/mol.